The fourth-order valence-corrected chi connectivity index (χ4v) is 4.96. The Bertz CT molecular complexity index is 1110. The fraction of sp³-hybridized carbons (Fsp3) is 0.500. The second kappa shape index (κ2) is 11.5. The van der Waals surface area contributed by atoms with Crippen molar-refractivity contribution in [3.63, 3.8) is 0 Å². The SMILES string of the molecule is COc1ccc(C)c(CC2CCN(CCCCn3nc(C)n(Cc4ccccc4)c3=O)CC2)c1. The van der Waals surface area contributed by atoms with Gasteiger partial charge in [-0.25, -0.2) is 9.48 Å². The number of hydrogen-bond acceptors (Lipinski definition) is 4. The first-order valence-electron chi connectivity index (χ1n) is 12.6. The maximum absolute atomic E-state index is 12.8. The van der Waals surface area contributed by atoms with E-state index in [0.29, 0.717) is 13.1 Å². The van der Waals surface area contributed by atoms with Crippen LogP contribution in [0.5, 0.6) is 5.75 Å². The summed E-state index contributed by atoms with van der Waals surface area (Å²) in [4.78, 5) is 15.4. The van der Waals surface area contributed by atoms with Crippen molar-refractivity contribution in [3.8, 4) is 5.75 Å². The molecule has 34 heavy (non-hydrogen) atoms. The highest BCUT2D eigenvalue weighted by Crippen LogP contribution is 2.26. The third-order valence-corrected chi connectivity index (χ3v) is 7.16. The van der Waals surface area contributed by atoms with E-state index in [0.717, 1.165) is 48.9 Å². The molecule has 0 N–H and O–H groups in total. The van der Waals surface area contributed by atoms with Crippen molar-refractivity contribution < 1.29 is 4.74 Å². The highest BCUT2D eigenvalue weighted by molar-refractivity contribution is 5.35. The summed E-state index contributed by atoms with van der Waals surface area (Å²) in [5.41, 5.74) is 3.90. The Morgan fingerprint density at radius 2 is 1.74 bits per heavy atom. The van der Waals surface area contributed by atoms with Crippen LogP contribution in [-0.2, 0) is 19.5 Å². The third-order valence-electron chi connectivity index (χ3n) is 7.16. The molecule has 0 unspecified atom stereocenters. The van der Waals surface area contributed by atoms with Gasteiger partial charge in [0.05, 0.1) is 13.7 Å². The molecule has 1 aromatic heterocycles. The molecule has 3 aromatic rings. The quantitative estimate of drug-likeness (QED) is 0.418. The monoisotopic (exact) mass is 462 g/mol. The average molecular weight is 463 g/mol. The van der Waals surface area contributed by atoms with Gasteiger partial charge in [0, 0.05) is 6.54 Å². The fourth-order valence-electron chi connectivity index (χ4n) is 4.96. The van der Waals surface area contributed by atoms with Crippen LogP contribution >= 0.6 is 0 Å². The number of hydrogen-bond donors (Lipinski definition) is 0. The van der Waals surface area contributed by atoms with Crippen LogP contribution in [0, 0.1) is 19.8 Å². The van der Waals surface area contributed by atoms with E-state index in [-0.39, 0.29) is 5.69 Å². The molecule has 2 aromatic carbocycles. The maximum Gasteiger partial charge on any atom is 0.346 e. The van der Waals surface area contributed by atoms with Gasteiger partial charge in [0.25, 0.3) is 0 Å². The summed E-state index contributed by atoms with van der Waals surface area (Å²) in [7, 11) is 1.74. The summed E-state index contributed by atoms with van der Waals surface area (Å²) in [6, 6.07) is 16.5. The molecule has 0 bridgehead atoms. The second-order valence-corrected chi connectivity index (χ2v) is 9.61. The van der Waals surface area contributed by atoms with Crippen LogP contribution in [0.2, 0.25) is 0 Å². The second-order valence-electron chi connectivity index (χ2n) is 9.61. The van der Waals surface area contributed by atoms with Crippen molar-refractivity contribution in [2.24, 2.45) is 5.92 Å². The van der Waals surface area contributed by atoms with Crippen LogP contribution in [0.3, 0.4) is 0 Å². The first-order chi connectivity index (χ1) is 16.5. The van der Waals surface area contributed by atoms with E-state index in [4.69, 9.17) is 4.74 Å². The molecule has 182 valence electrons. The van der Waals surface area contributed by atoms with Crippen LogP contribution in [0.25, 0.3) is 0 Å². The smallest absolute Gasteiger partial charge is 0.346 e. The highest BCUT2D eigenvalue weighted by atomic mass is 16.5. The molecule has 4 rings (SSSR count). The number of nitrogens with zero attached hydrogens (tertiary/aromatic N) is 4. The molecule has 1 fully saturated rings. The average Bonchev–Trinajstić information content (AvgIpc) is 3.12. The standard InChI is InChI=1S/C28H38N4O2/c1-22-11-12-27(34-3)20-26(22)19-24-13-17-30(18-14-24)15-7-8-16-32-28(33)31(23(2)29-32)21-25-9-5-4-6-10-25/h4-6,9-12,20,24H,7-8,13-19,21H2,1-3H3. The van der Waals surface area contributed by atoms with Gasteiger partial charge in [-0.05, 0) is 100 Å². The molecule has 0 amide bonds. The van der Waals surface area contributed by atoms with Crippen molar-refractivity contribution in [2.45, 2.75) is 59.0 Å². The minimum absolute atomic E-state index is 0.00463. The summed E-state index contributed by atoms with van der Waals surface area (Å²) in [6.45, 7) is 8.81. The van der Waals surface area contributed by atoms with E-state index < -0.39 is 0 Å². The van der Waals surface area contributed by atoms with Crippen molar-refractivity contribution >= 4 is 0 Å². The van der Waals surface area contributed by atoms with Gasteiger partial charge in [0.15, 0.2) is 0 Å². The first kappa shape index (κ1) is 24.3. The topological polar surface area (TPSA) is 52.3 Å². The predicted molar refractivity (Wildman–Crippen MR) is 137 cm³/mol. The molecule has 0 radical (unpaired) electrons. The van der Waals surface area contributed by atoms with Gasteiger partial charge in [-0.15, -0.1) is 0 Å². The highest BCUT2D eigenvalue weighted by Gasteiger charge is 2.20. The zero-order valence-electron chi connectivity index (χ0n) is 20.9. The maximum atomic E-state index is 12.8. The molecular weight excluding hydrogens is 424 g/mol. The molecule has 0 atom stereocenters. The summed E-state index contributed by atoms with van der Waals surface area (Å²) in [5.74, 6) is 2.48. The van der Waals surface area contributed by atoms with Crippen LogP contribution < -0.4 is 10.4 Å². The third kappa shape index (κ3) is 6.17. The Hall–Kier alpha value is -2.86. The summed E-state index contributed by atoms with van der Waals surface area (Å²) in [6.07, 6.45) is 5.71. The number of methoxy groups -OCH3 is 1. The molecule has 0 spiro atoms. The Morgan fingerprint density at radius 1 is 1.00 bits per heavy atom. The van der Waals surface area contributed by atoms with Gasteiger partial charge in [0.2, 0.25) is 0 Å². The zero-order valence-corrected chi connectivity index (χ0v) is 20.9. The van der Waals surface area contributed by atoms with E-state index in [1.165, 1.54) is 37.1 Å². The summed E-state index contributed by atoms with van der Waals surface area (Å²) in [5, 5.41) is 4.50. The molecule has 0 aliphatic carbocycles. The number of benzene rings is 2. The van der Waals surface area contributed by atoms with E-state index in [2.05, 4.69) is 29.1 Å². The molecule has 1 aliphatic rings. The zero-order chi connectivity index (χ0) is 23.9. The van der Waals surface area contributed by atoms with E-state index in [1.807, 2.05) is 43.3 Å². The van der Waals surface area contributed by atoms with Gasteiger partial charge < -0.3 is 9.64 Å². The lowest BCUT2D eigenvalue weighted by Gasteiger charge is -2.32. The Balaban J connectivity index is 1.19. The number of aryl methyl sites for hydroxylation is 3. The van der Waals surface area contributed by atoms with E-state index in [1.54, 1.807) is 16.4 Å². The van der Waals surface area contributed by atoms with Crippen molar-refractivity contribution in [3.05, 3.63) is 81.5 Å². The summed E-state index contributed by atoms with van der Waals surface area (Å²) < 4.78 is 8.82. The van der Waals surface area contributed by atoms with Crippen molar-refractivity contribution in [2.75, 3.05) is 26.7 Å². The normalized spacial score (nSPS) is 15.0. The van der Waals surface area contributed by atoms with Crippen molar-refractivity contribution in [1.82, 2.24) is 19.2 Å². The number of unbranched alkanes of at least 4 members (excludes halogenated alkanes) is 1. The number of aromatic nitrogens is 3. The molecule has 0 saturated carbocycles. The lowest BCUT2D eigenvalue weighted by Crippen LogP contribution is -2.35. The van der Waals surface area contributed by atoms with Gasteiger partial charge in [-0.2, -0.15) is 5.10 Å². The molecule has 1 aliphatic heterocycles. The molecular formula is C28H38N4O2. The summed E-state index contributed by atoms with van der Waals surface area (Å²) >= 11 is 0. The molecule has 1 saturated heterocycles. The lowest BCUT2D eigenvalue weighted by atomic mass is 9.88. The van der Waals surface area contributed by atoms with Crippen LogP contribution in [0.4, 0.5) is 0 Å². The minimum atomic E-state index is -0.00463. The van der Waals surface area contributed by atoms with E-state index in [9.17, 15) is 4.79 Å². The molecule has 6 nitrogen and oxygen atoms in total. The lowest BCUT2D eigenvalue weighted by molar-refractivity contribution is 0.180. The first-order valence-corrected chi connectivity index (χ1v) is 12.6. The minimum Gasteiger partial charge on any atom is -0.497 e. The largest absolute Gasteiger partial charge is 0.497 e. The van der Waals surface area contributed by atoms with Crippen LogP contribution in [-0.4, -0.2) is 46.0 Å². The number of ether oxygens (including phenoxy) is 1. The van der Waals surface area contributed by atoms with Crippen LogP contribution in [0.1, 0.15) is 48.2 Å². The Labute approximate surface area is 203 Å². The van der Waals surface area contributed by atoms with E-state index >= 15 is 0 Å². The van der Waals surface area contributed by atoms with Gasteiger partial charge in [0.1, 0.15) is 11.6 Å². The van der Waals surface area contributed by atoms with Crippen molar-refractivity contribution in [1.29, 1.82) is 0 Å². The Morgan fingerprint density at radius 3 is 2.47 bits per heavy atom. The number of rotatable bonds is 10. The number of likely N-dealkylation sites (tertiary alicyclic amines) is 1. The van der Waals surface area contributed by atoms with Crippen LogP contribution in [0.15, 0.2) is 53.3 Å². The predicted octanol–water partition coefficient (Wildman–Crippen LogP) is 4.45. The molecule has 6 heteroatoms. The number of piperidine rings is 1. The van der Waals surface area contributed by atoms with Gasteiger partial charge in [-0.1, -0.05) is 36.4 Å². The Kier molecular flexibility index (Phi) is 8.22. The molecule has 2 heterocycles. The van der Waals surface area contributed by atoms with Gasteiger partial charge >= 0.3 is 5.69 Å². The van der Waals surface area contributed by atoms with Gasteiger partial charge in [-0.3, -0.25) is 4.57 Å².